The van der Waals surface area contributed by atoms with Crippen molar-refractivity contribution in [3.05, 3.63) is 35.4 Å². The van der Waals surface area contributed by atoms with Crippen LogP contribution in [0.25, 0.3) is 0 Å². The van der Waals surface area contributed by atoms with E-state index in [4.69, 9.17) is 0 Å². The highest BCUT2D eigenvalue weighted by molar-refractivity contribution is 7.92. The lowest BCUT2D eigenvalue weighted by Crippen LogP contribution is -2.32. The van der Waals surface area contributed by atoms with Crippen LogP contribution in [0.4, 0.5) is 0 Å². The molecule has 0 amide bonds. The Hall–Kier alpha value is -1.16. The summed E-state index contributed by atoms with van der Waals surface area (Å²) in [6, 6.07) is 7.26. The van der Waals surface area contributed by atoms with Gasteiger partial charge in [0.15, 0.2) is 15.6 Å². The second-order valence-corrected chi connectivity index (χ2v) is 8.46. The first-order valence-corrected chi connectivity index (χ1v) is 9.47. The van der Waals surface area contributed by atoms with Crippen molar-refractivity contribution in [2.75, 3.05) is 5.75 Å². The molecule has 1 fully saturated rings. The summed E-state index contributed by atoms with van der Waals surface area (Å²) in [5.41, 5.74) is 1.65. The van der Waals surface area contributed by atoms with E-state index in [0.29, 0.717) is 24.3 Å². The summed E-state index contributed by atoms with van der Waals surface area (Å²) in [6.45, 7) is 4.14. The van der Waals surface area contributed by atoms with Crippen molar-refractivity contribution < 1.29 is 13.2 Å². The maximum Gasteiger partial charge on any atom is 0.177 e. The second kappa shape index (κ2) is 6.73. The maximum atomic E-state index is 12.4. The topological polar surface area (TPSA) is 51.2 Å². The monoisotopic (exact) mass is 308 g/mol. The fourth-order valence-corrected chi connectivity index (χ4v) is 4.93. The molecule has 1 aliphatic rings. The lowest BCUT2D eigenvalue weighted by molar-refractivity contribution is 0.102. The van der Waals surface area contributed by atoms with Gasteiger partial charge in [0.1, 0.15) is 5.75 Å². The molecule has 0 spiro atoms. The molecule has 0 bridgehead atoms. The molecular weight excluding hydrogens is 284 g/mol. The van der Waals surface area contributed by atoms with Gasteiger partial charge >= 0.3 is 0 Å². The first kappa shape index (κ1) is 16.2. The molecule has 4 heteroatoms. The molecule has 0 aliphatic heterocycles. The number of ketones is 1. The van der Waals surface area contributed by atoms with Gasteiger partial charge in [0, 0.05) is 5.56 Å². The van der Waals surface area contributed by atoms with Crippen LogP contribution in [0.15, 0.2) is 24.3 Å². The van der Waals surface area contributed by atoms with Crippen molar-refractivity contribution >= 4 is 15.6 Å². The summed E-state index contributed by atoms with van der Waals surface area (Å²) in [7, 11) is -3.33. The Morgan fingerprint density at radius 1 is 1.19 bits per heavy atom. The number of rotatable bonds is 5. The summed E-state index contributed by atoms with van der Waals surface area (Å²) in [4.78, 5) is 12.2. The van der Waals surface area contributed by atoms with Crippen LogP contribution in [0.1, 0.15) is 55.5 Å². The van der Waals surface area contributed by atoms with Crippen LogP contribution in [-0.2, 0) is 16.3 Å². The van der Waals surface area contributed by atoms with Crippen LogP contribution in [-0.4, -0.2) is 25.2 Å². The number of hydrogen-bond acceptors (Lipinski definition) is 3. The molecule has 0 radical (unpaired) electrons. The van der Waals surface area contributed by atoms with E-state index in [9.17, 15) is 13.2 Å². The lowest BCUT2D eigenvalue weighted by atomic mass is 9.91. The van der Waals surface area contributed by atoms with Crippen LogP contribution in [0.3, 0.4) is 0 Å². The van der Waals surface area contributed by atoms with Gasteiger partial charge in [-0.15, -0.1) is 0 Å². The molecule has 0 heterocycles. The zero-order valence-corrected chi connectivity index (χ0v) is 13.7. The first-order valence-electron chi connectivity index (χ1n) is 7.76. The average molecular weight is 308 g/mol. The Morgan fingerprint density at radius 2 is 1.86 bits per heavy atom. The molecule has 0 aromatic heterocycles. The largest absolute Gasteiger partial charge is 0.293 e. The predicted octanol–water partition coefficient (Wildman–Crippen LogP) is 3.43. The molecule has 1 aliphatic carbocycles. The molecular formula is C17H24O3S. The molecule has 2 rings (SSSR count). The number of benzene rings is 1. The number of carbonyl (C=O) groups excluding carboxylic acids is 1. The smallest absolute Gasteiger partial charge is 0.177 e. The van der Waals surface area contributed by atoms with Crippen LogP contribution < -0.4 is 0 Å². The normalized spacial score (nSPS) is 23.0. The summed E-state index contributed by atoms with van der Waals surface area (Å²) < 4.78 is 24.8. The molecule has 3 nitrogen and oxygen atoms in total. The Kier molecular flexibility index (Phi) is 5.20. The summed E-state index contributed by atoms with van der Waals surface area (Å²) in [5.74, 6) is -0.191. The molecule has 1 saturated carbocycles. The van der Waals surface area contributed by atoms with Crippen molar-refractivity contribution in [1.29, 1.82) is 0 Å². The Bertz CT molecular complexity index is 587. The summed E-state index contributed by atoms with van der Waals surface area (Å²) in [5, 5.41) is -0.333. The van der Waals surface area contributed by atoms with Crippen molar-refractivity contribution in [3.8, 4) is 0 Å². The van der Waals surface area contributed by atoms with Crippen LogP contribution >= 0.6 is 0 Å². The van der Waals surface area contributed by atoms with E-state index in [1.807, 2.05) is 19.1 Å². The van der Waals surface area contributed by atoms with Gasteiger partial charge in [-0.1, -0.05) is 51.0 Å². The maximum absolute atomic E-state index is 12.4. The lowest BCUT2D eigenvalue weighted by Gasteiger charge is -2.26. The minimum atomic E-state index is -3.33. The second-order valence-electron chi connectivity index (χ2n) is 6.17. The van der Waals surface area contributed by atoms with Gasteiger partial charge in [0.2, 0.25) is 0 Å². The van der Waals surface area contributed by atoms with Gasteiger partial charge in [-0.25, -0.2) is 8.42 Å². The minimum absolute atomic E-state index is 0.282. The summed E-state index contributed by atoms with van der Waals surface area (Å²) in [6.07, 6.45) is 4.36. The van der Waals surface area contributed by atoms with Gasteiger partial charge < -0.3 is 0 Å². The van der Waals surface area contributed by atoms with Gasteiger partial charge in [-0.2, -0.15) is 0 Å². The fourth-order valence-electron chi connectivity index (χ4n) is 3.01. The third-order valence-corrected chi connectivity index (χ3v) is 6.52. The average Bonchev–Trinajstić information content (AvgIpc) is 2.47. The zero-order chi connectivity index (χ0) is 15.5. The first-order chi connectivity index (χ1) is 9.92. The van der Waals surface area contributed by atoms with Crippen LogP contribution in [0.2, 0.25) is 0 Å². The molecule has 2 atom stereocenters. The molecule has 0 N–H and O–H groups in total. The predicted molar refractivity (Wildman–Crippen MR) is 85.4 cm³/mol. The molecule has 1 aromatic rings. The number of sulfone groups is 1. The third-order valence-electron chi connectivity index (χ3n) is 4.41. The van der Waals surface area contributed by atoms with E-state index >= 15 is 0 Å². The van der Waals surface area contributed by atoms with Gasteiger partial charge in [0.25, 0.3) is 0 Å². The van der Waals surface area contributed by atoms with E-state index in [0.717, 1.165) is 24.8 Å². The molecule has 0 saturated heterocycles. The molecule has 21 heavy (non-hydrogen) atoms. The molecule has 116 valence electrons. The van der Waals surface area contributed by atoms with E-state index < -0.39 is 9.84 Å². The van der Waals surface area contributed by atoms with Crippen LogP contribution in [0.5, 0.6) is 0 Å². The van der Waals surface area contributed by atoms with Crippen LogP contribution in [0, 0.1) is 5.92 Å². The van der Waals surface area contributed by atoms with E-state index in [1.165, 1.54) is 0 Å². The highest BCUT2D eigenvalue weighted by Crippen LogP contribution is 2.29. The quantitative estimate of drug-likeness (QED) is 0.783. The van der Waals surface area contributed by atoms with Crippen molar-refractivity contribution in [3.63, 3.8) is 0 Å². The molecule has 2 unspecified atom stereocenters. The number of aryl methyl sites for hydroxylation is 1. The van der Waals surface area contributed by atoms with Gasteiger partial charge in [-0.3, -0.25) is 4.79 Å². The minimum Gasteiger partial charge on any atom is -0.293 e. The Morgan fingerprint density at radius 3 is 2.43 bits per heavy atom. The van der Waals surface area contributed by atoms with E-state index in [-0.39, 0.29) is 16.8 Å². The van der Waals surface area contributed by atoms with E-state index in [2.05, 4.69) is 6.92 Å². The zero-order valence-electron chi connectivity index (χ0n) is 12.8. The number of Topliss-reactive ketones (excluding diaryl/α,β-unsaturated/α-hetero) is 1. The molecule has 1 aromatic carbocycles. The SMILES string of the molecule is CCc1ccc(C(=O)CS(=O)(=O)C2CCCC(C)C2)cc1. The standard InChI is InChI=1S/C17H24O3S/c1-3-14-7-9-15(10-8-14)17(18)12-21(19,20)16-6-4-5-13(2)11-16/h7-10,13,16H,3-6,11-12H2,1-2H3. The Balaban J connectivity index is 2.06. The Labute approximate surface area is 127 Å². The van der Waals surface area contributed by atoms with Crippen molar-refractivity contribution in [2.45, 2.75) is 51.2 Å². The van der Waals surface area contributed by atoms with Crippen molar-refractivity contribution in [1.82, 2.24) is 0 Å². The highest BCUT2D eigenvalue weighted by atomic mass is 32.2. The van der Waals surface area contributed by atoms with Gasteiger partial charge in [0.05, 0.1) is 5.25 Å². The third kappa shape index (κ3) is 4.16. The fraction of sp³-hybridized carbons (Fsp3) is 0.588. The number of carbonyl (C=O) groups is 1. The van der Waals surface area contributed by atoms with E-state index in [1.54, 1.807) is 12.1 Å². The van der Waals surface area contributed by atoms with Crippen molar-refractivity contribution in [2.24, 2.45) is 5.92 Å². The summed E-state index contributed by atoms with van der Waals surface area (Å²) >= 11 is 0. The van der Waals surface area contributed by atoms with Gasteiger partial charge in [-0.05, 0) is 30.7 Å². The number of hydrogen-bond donors (Lipinski definition) is 0. The highest BCUT2D eigenvalue weighted by Gasteiger charge is 2.31.